The molecule has 0 saturated carbocycles. The number of hydrogen-bond acceptors (Lipinski definition) is 2. The van der Waals surface area contributed by atoms with Crippen LogP contribution in [0.1, 0.15) is 40.2 Å². The van der Waals surface area contributed by atoms with Gasteiger partial charge in [-0.15, -0.1) is 0 Å². The summed E-state index contributed by atoms with van der Waals surface area (Å²) in [6, 6.07) is 22.4. The van der Waals surface area contributed by atoms with E-state index < -0.39 is 0 Å². The monoisotopic (exact) mass is 447 g/mol. The maximum atomic E-state index is 12.7. The predicted molar refractivity (Wildman–Crippen MR) is 130 cm³/mol. The second kappa shape index (κ2) is 9.88. The minimum Gasteiger partial charge on any atom is -0.324 e. The molecule has 6 heteroatoms. The molecule has 1 atom stereocenters. The van der Waals surface area contributed by atoms with Crippen LogP contribution in [0.25, 0.3) is 0 Å². The number of carbonyl (C=O) groups excluding carboxylic acids is 2. The van der Waals surface area contributed by atoms with Crippen LogP contribution in [0.3, 0.4) is 0 Å². The average molecular weight is 448 g/mol. The molecular weight excluding hydrogens is 422 g/mol. The highest BCUT2D eigenvalue weighted by atomic mass is 35.5. The molecule has 32 heavy (non-hydrogen) atoms. The summed E-state index contributed by atoms with van der Waals surface area (Å²) in [5, 5.41) is 6.52. The summed E-state index contributed by atoms with van der Waals surface area (Å²) in [4.78, 5) is 27.3. The third kappa shape index (κ3) is 5.48. The van der Waals surface area contributed by atoms with Crippen molar-refractivity contribution in [3.63, 3.8) is 0 Å². The number of hydrogen-bond donors (Lipinski definition) is 2. The summed E-state index contributed by atoms with van der Waals surface area (Å²) in [6.07, 6.45) is 1.90. The van der Waals surface area contributed by atoms with E-state index in [0.29, 0.717) is 23.7 Å². The molecule has 4 rings (SSSR count). The highest BCUT2D eigenvalue weighted by molar-refractivity contribution is 6.30. The van der Waals surface area contributed by atoms with Gasteiger partial charge in [-0.2, -0.15) is 0 Å². The Hall–Kier alpha value is -3.31. The number of nitrogens with one attached hydrogen (secondary N) is 2. The molecule has 1 aliphatic rings. The van der Waals surface area contributed by atoms with Gasteiger partial charge in [0.2, 0.25) is 0 Å². The number of benzene rings is 3. The lowest BCUT2D eigenvalue weighted by atomic mass is 9.89. The standard InChI is InChI=1S/C26H26ClN3O2/c1-18-7-11-23(12-8-18)28-25(31)20-5-2-4-19(16-20)21-6-3-15-30(17-21)26(32)29-24-13-9-22(27)10-14-24/h2,4-5,7-14,16,21H,3,6,15,17H2,1H3,(H,28,31)(H,29,32)/t21-/m0/s1. The Kier molecular flexibility index (Phi) is 6.76. The fourth-order valence-electron chi connectivity index (χ4n) is 3.94. The van der Waals surface area contributed by atoms with E-state index in [9.17, 15) is 9.59 Å². The molecule has 164 valence electrons. The van der Waals surface area contributed by atoms with E-state index >= 15 is 0 Å². The van der Waals surface area contributed by atoms with Crippen molar-refractivity contribution in [1.82, 2.24) is 4.90 Å². The van der Waals surface area contributed by atoms with Crippen LogP contribution in [-0.2, 0) is 0 Å². The molecule has 0 radical (unpaired) electrons. The fourth-order valence-corrected chi connectivity index (χ4v) is 4.07. The molecule has 1 fully saturated rings. The van der Waals surface area contributed by atoms with Gasteiger partial charge >= 0.3 is 6.03 Å². The van der Waals surface area contributed by atoms with Crippen molar-refractivity contribution in [3.8, 4) is 0 Å². The third-order valence-corrected chi connectivity index (χ3v) is 5.99. The smallest absolute Gasteiger partial charge is 0.321 e. The number of urea groups is 1. The Morgan fingerprint density at radius 3 is 2.38 bits per heavy atom. The first-order valence-corrected chi connectivity index (χ1v) is 11.2. The SMILES string of the molecule is Cc1ccc(NC(=O)c2cccc([C@H]3CCCN(C(=O)Nc4ccc(Cl)cc4)C3)c2)cc1. The van der Waals surface area contributed by atoms with Crippen LogP contribution in [0, 0.1) is 6.92 Å². The molecule has 0 aromatic heterocycles. The number of halogens is 1. The average Bonchev–Trinajstić information content (AvgIpc) is 2.82. The van der Waals surface area contributed by atoms with Crippen molar-refractivity contribution in [2.45, 2.75) is 25.7 Å². The van der Waals surface area contributed by atoms with Crippen LogP contribution in [0.2, 0.25) is 5.02 Å². The molecule has 0 spiro atoms. The van der Waals surface area contributed by atoms with Gasteiger partial charge in [0.1, 0.15) is 0 Å². The first kappa shape index (κ1) is 21.9. The molecule has 0 bridgehead atoms. The molecule has 0 unspecified atom stereocenters. The minimum absolute atomic E-state index is 0.120. The minimum atomic E-state index is -0.135. The number of piperidine rings is 1. The first-order chi connectivity index (χ1) is 15.5. The normalized spacial score (nSPS) is 15.8. The molecule has 1 aliphatic heterocycles. The summed E-state index contributed by atoms with van der Waals surface area (Å²) in [5.41, 5.74) is 4.33. The van der Waals surface area contributed by atoms with E-state index in [1.807, 2.05) is 60.4 Å². The van der Waals surface area contributed by atoms with Gasteiger partial charge in [0, 0.05) is 41.0 Å². The van der Waals surface area contributed by atoms with E-state index in [1.54, 1.807) is 24.3 Å². The van der Waals surface area contributed by atoms with Crippen molar-refractivity contribution >= 4 is 34.9 Å². The lowest BCUT2D eigenvalue weighted by molar-refractivity contribution is 0.102. The molecule has 2 N–H and O–H groups in total. The van der Waals surface area contributed by atoms with E-state index in [2.05, 4.69) is 10.6 Å². The summed E-state index contributed by atoms with van der Waals surface area (Å²) >= 11 is 5.92. The maximum absolute atomic E-state index is 12.7. The fraction of sp³-hybridized carbons (Fsp3) is 0.231. The largest absolute Gasteiger partial charge is 0.324 e. The summed E-state index contributed by atoms with van der Waals surface area (Å²) in [7, 11) is 0. The molecular formula is C26H26ClN3O2. The van der Waals surface area contributed by atoms with E-state index in [-0.39, 0.29) is 17.9 Å². The van der Waals surface area contributed by atoms with Gasteiger partial charge < -0.3 is 15.5 Å². The predicted octanol–water partition coefficient (Wildman–Crippen LogP) is 6.31. The molecule has 1 heterocycles. The summed E-state index contributed by atoms with van der Waals surface area (Å²) in [5.74, 6) is 0.0516. The van der Waals surface area contributed by atoms with Crippen LogP contribution in [-0.4, -0.2) is 29.9 Å². The van der Waals surface area contributed by atoms with E-state index in [0.717, 1.165) is 35.3 Å². The van der Waals surface area contributed by atoms with Crippen LogP contribution in [0.15, 0.2) is 72.8 Å². The van der Waals surface area contributed by atoms with Crippen molar-refractivity contribution < 1.29 is 9.59 Å². The topological polar surface area (TPSA) is 61.4 Å². The Morgan fingerprint density at radius 1 is 0.938 bits per heavy atom. The highest BCUT2D eigenvalue weighted by Crippen LogP contribution is 2.28. The van der Waals surface area contributed by atoms with Gasteiger partial charge in [-0.1, -0.05) is 41.4 Å². The number of nitrogens with zero attached hydrogens (tertiary/aromatic N) is 1. The van der Waals surface area contributed by atoms with Gasteiger partial charge in [0.15, 0.2) is 0 Å². The van der Waals surface area contributed by atoms with Gasteiger partial charge in [-0.05, 0) is 73.9 Å². The van der Waals surface area contributed by atoms with E-state index in [4.69, 9.17) is 11.6 Å². The first-order valence-electron chi connectivity index (χ1n) is 10.8. The van der Waals surface area contributed by atoms with Crippen molar-refractivity contribution in [1.29, 1.82) is 0 Å². The van der Waals surface area contributed by atoms with Crippen LogP contribution < -0.4 is 10.6 Å². The molecule has 3 aromatic carbocycles. The molecule has 3 aromatic rings. The number of aryl methyl sites for hydroxylation is 1. The second-order valence-electron chi connectivity index (χ2n) is 8.17. The number of likely N-dealkylation sites (tertiary alicyclic amines) is 1. The Morgan fingerprint density at radius 2 is 1.62 bits per heavy atom. The van der Waals surface area contributed by atoms with Crippen molar-refractivity contribution in [3.05, 3.63) is 94.5 Å². The van der Waals surface area contributed by atoms with Gasteiger partial charge in [0.25, 0.3) is 5.91 Å². The number of rotatable bonds is 4. The third-order valence-electron chi connectivity index (χ3n) is 5.73. The lowest BCUT2D eigenvalue weighted by Gasteiger charge is -2.33. The summed E-state index contributed by atoms with van der Waals surface area (Å²) in [6.45, 7) is 3.34. The lowest BCUT2D eigenvalue weighted by Crippen LogP contribution is -2.41. The molecule has 0 aliphatic carbocycles. The van der Waals surface area contributed by atoms with Gasteiger partial charge in [-0.3, -0.25) is 4.79 Å². The van der Waals surface area contributed by atoms with Gasteiger partial charge in [0.05, 0.1) is 0 Å². The Labute approximate surface area is 193 Å². The zero-order chi connectivity index (χ0) is 22.5. The number of carbonyl (C=O) groups is 2. The van der Waals surface area contributed by atoms with Crippen molar-refractivity contribution in [2.75, 3.05) is 23.7 Å². The van der Waals surface area contributed by atoms with Crippen molar-refractivity contribution in [2.24, 2.45) is 0 Å². The number of anilines is 2. The van der Waals surface area contributed by atoms with Crippen LogP contribution >= 0.6 is 11.6 Å². The molecule has 5 nitrogen and oxygen atoms in total. The van der Waals surface area contributed by atoms with Crippen LogP contribution in [0.5, 0.6) is 0 Å². The summed E-state index contributed by atoms with van der Waals surface area (Å²) < 4.78 is 0. The second-order valence-corrected chi connectivity index (χ2v) is 8.60. The maximum Gasteiger partial charge on any atom is 0.321 e. The van der Waals surface area contributed by atoms with E-state index in [1.165, 1.54) is 0 Å². The quantitative estimate of drug-likeness (QED) is 0.492. The zero-order valence-electron chi connectivity index (χ0n) is 18.0. The highest BCUT2D eigenvalue weighted by Gasteiger charge is 2.25. The number of amides is 3. The Bertz CT molecular complexity index is 1100. The molecule has 3 amide bonds. The van der Waals surface area contributed by atoms with Crippen LogP contribution in [0.4, 0.5) is 16.2 Å². The zero-order valence-corrected chi connectivity index (χ0v) is 18.7. The molecule has 1 saturated heterocycles. The Balaban J connectivity index is 1.41. The van der Waals surface area contributed by atoms with Gasteiger partial charge in [-0.25, -0.2) is 4.79 Å².